The van der Waals surface area contributed by atoms with Gasteiger partial charge in [0.1, 0.15) is 12.4 Å². The van der Waals surface area contributed by atoms with Crippen LogP contribution in [0.2, 0.25) is 5.02 Å². The van der Waals surface area contributed by atoms with Gasteiger partial charge in [0.2, 0.25) is 0 Å². The number of hydrogen-bond donors (Lipinski definition) is 0. The minimum Gasteiger partial charge on any atom is -0.489 e. The predicted molar refractivity (Wildman–Crippen MR) is 110 cm³/mol. The van der Waals surface area contributed by atoms with Crippen molar-refractivity contribution in [2.45, 2.75) is 6.42 Å². The molecule has 28 heavy (non-hydrogen) atoms. The Morgan fingerprint density at radius 3 is 2.68 bits per heavy atom. The van der Waals surface area contributed by atoms with Gasteiger partial charge in [-0.1, -0.05) is 11.6 Å². The number of methoxy groups -OCH3 is 1. The summed E-state index contributed by atoms with van der Waals surface area (Å²) in [5.41, 5.74) is 2.64. The number of piperazine rings is 1. The van der Waals surface area contributed by atoms with Gasteiger partial charge in [0.15, 0.2) is 0 Å². The summed E-state index contributed by atoms with van der Waals surface area (Å²) >= 11 is 6.66. The SMILES string of the molecule is COCCOc1cc2ncc(CCOC=O)c(Cl)c2cc1N1CCN(C)CC1. The largest absolute Gasteiger partial charge is 0.489 e. The van der Waals surface area contributed by atoms with E-state index in [1.54, 1.807) is 13.3 Å². The molecule has 152 valence electrons. The molecule has 2 aromatic rings. The molecular weight excluding hydrogens is 382 g/mol. The maximum atomic E-state index is 10.4. The molecule has 0 unspecified atom stereocenters. The number of carbonyl (C=O) groups is 1. The van der Waals surface area contributed by atoms with E-state index in [1.807, 2.05) is 6.07 Å². The number of aromatic nitrogens is 1. The van der Waals surface area contributed by atoms with Gasteiger partial charge in [-0.2, -0.15) is 0 Å². The summed E-state index contributed by atoms with van der Waals surface area (Å²) in [4.78, 5) is 19.5. The third-order valence-electron chi connectivity index (χ3n) is 4.90. The Balaban J connectivity index is 1.96. The Morgan fingerprint density at radius 1 is 1.18 bits per heavy atom. The molecular formula is C20H26ClN3O4. The van der Waals surface area contributed by atoms with Gasteiger partial charge in [-0.05, 0) is 18.7 Å². The van der Waals surface area contributed by atoms with Crippen LogP contribution in [0.4, 0.5) is 5.69 Å². The summed E-state index contributed by atoms with van der Waals surface area (Å²) in [5, 5.41) is 1.51. The zero-order valence-electron chi connectivity index (χ0n) is 16.3. The molecule has 1 aromatic heterocycles. The molecule has 0 aliphatic carbocycles. The van der Waals surface area contributed by atoms with Crippen LogP contribution in [0, 0.1) is 0 Å². The number of benzene rings is 1. The van der Waals surface area contributed by atoms with Crippen molar-refractivity contribution in [3.05, 3.63) is 28.9 Å². The molecule has 2 heterocycles. The normalized spacial score (nSPS) is 15.0. The van der Waals surface area contributed by atoms with Crippen LogP contribution >= 0.6 is 11.6 Å². The average Bonchev–Trinajstić information content (AvgIpc) is 2.70. The van der Waals surface area contributed by atoms with E-state index >= 15 is 0 Å². The minimum atomic E-state index is 0.278. The Kier molecular flexibility index (Phi) is 7.30. The molecule has 0 N–H and O–H groups in total. The molecule has 0 bridgehead atoms. The van der Waals surface area contributed by atoms with Crippen molar-refractivity contribution in [3.8, 4) is 5.75 Å². The Labute approximate surface area is 170 Å². The summed E-state index contributed by atoms with van der Waals surface area (Å²) in [5.74, 6) is 0.787. The first-order valence-corrected chi connectivity index (χ1v) is 9.73. The van der Waals surface area contributed by atoms with Crippen LogP contribution in [-0.2, 0) is 20.7 Å². The van der Waals surface area contributed by atoms with Gasteiger partial charge in [0, 0.05) is 57.4 Å². The van der Waals surface area contributed by atoms with E-state index in [0.29, 0.717) is 31.1 Å². The highest BCUT2D eigenvalue weighted by molar-refractivity contribution is 6.36. The molecule has 0 amide bonds. The molecule has 1 aromatic carbocycles. The van der Waals surface area contributed by atoms with E-state index in [0.717, 1.165) is 54.1 Å². The van der Waals surface area contributed by atoms with E-state index in [4.69, 9.17) is 25.8 Å². The van der Waals surface area contributed by atoms with Gasteiger partial charge in [-0.3, -0.25) is 9.78 Å². The molecule has 1 aliphatic heterocycles. The lowest BCUT2D eigenvalue weighted by Gasteiger charge is -2.35. The van der Waals surface area contributed by atoms with Crippen molar-refractivity contribution in [3.63, 3.8) is 0 Å². The van der Waals surface area contributed by atoms with E-state index < -0.39 is 0 Å². The number of likely N-dealkylation sites (N-methyl/N-ethyl adjacent to an activating group) is 1. The summed E-state index contributed by atoms with van der Waals surface area (Å²) in [6, 6.07) is 4.00. The highest BCUT2D eigenvalue weighted by atomic mass is 35.5. The van der Waals surface area contributed by atoms with Crippen molar-refractivity contribution in [1.82, 2.24) is 9.88 Å². The lowest BCUT2D eigenvalue weighted by atomic mass is 10.1. The number of ether oxygens (including phenoxy) is 3. The Morgan fingerprint density at radius 2 is 1.96 bits per heavy atom. The molecule has 0 spiro atoms. The summed E-state index contributed by atoms with van der Waals surface area (Å²) in [6.45, 7) is 5.52. The van der Waals surface area contributed by atoms with E-state index in [2.05, 4.69) is 27.9 Å². The fourth-order valence-corrected chi connectivity index (χ4v) is 3.55. The fourth-order valence-electron chi connectivity index (χ4n) is 3.25. The number of fused-ring (bicyclic) bond motifs is 1. The van der Waals surface area contributed by atoms with Gasteiger partial charge in [-0.15, -0.1) is 0 Å². The van der Waals surface area contributed by atoms with Crippen LogP contribution in [0.5, 0.6) is 5.75 Å². The molecule has 8 heteroatoms. The number of nitrogens with zero attached hydrogens (tertiary/aromatic N) is 3. The Bertz CT molecular complexity index is 810. The monoisotopic (exact) mass is 407 g/mol. The lowest BCUT2D eigenvalue weighted by Crippen LogP contribution is -2.44. The Hall–Kier alpha value is -2.09. The maximum absolute atomic E-state index is 10.4. The van der Waals surface area contributed by atoms with Crippen molar-refractivity contribution in [2.75, 3.05) is 65.1 Å². The second-order valence-electron chi connectivity index (χ2n) is 6.78. The number of halogens is 1. The number of anilines is 1. The third-order valence-corrected chi connectivity index (χ3v) is 5.35. The van der Waals surface area contributed by atoms with Gasteiger partial charge in [0.25, 0.3) is 6.47 Å². The molecule has 0 atom stereocenters. The van der Waals surface area contributed by atoms with Gasteiger partial charge in [0.05, 0.1) is 29.4 Å². The van der Waals surface area contributed by atoms with Crippen LogP contribution in [-0.4, -0.2) is 76.5 Å². The zero-order chi connectivity index (χ0) is 19.9. The quantitative estimate of drug-likeness (QED) is 0.467. The minimum absolute atomic E-state index is 0.278. The average molecular weight is 408 g/mol. The van der Waals surface area contributed by atoms with Crippen LogP contribution in [0.25, 0.3) is 10.9 Å². The summed E-state index contributed by atoms with van der Waals surface area (Å²) < 4.78 is 15.9. The highest BCUT2D eigenvalue weighted by Gasteiger charge is 2.20. The molecule has 1 fully saturated rings. The molecule has 3 rings (SSSR count). The van der Waals surface area contributed by atoms with Crippen LogP contribution in [0.1, 0.15) is 5.56 Å². The first kappa shape index (κ1) is 20.6. The number of rotatable bonds is 9. The predicted octanol–water partition coefficient (Wildman–Crippen LogP) is 2.38. The third kappa shape index (κ3) is 4.84. The van der Waals surface area contributed by atoms with Gasteiger partial charge < -0.3 is 24.0 Å². The van der Waals surface area contributed by atoms with Crippen LogP contribution in [0.15, 0.2) is 18.3 Å². The first-order chi connectivity index (χ1) is 13.6. The maximum Gasteiger partial charge on any atom is 0.293 e. The first-order valence-electron chi connectivity index (χ1n) is 9.35. The smallest absolute Gasteiger partial charge is 0.293 e. The van der Waals surface area contributed by atoms with Crippen molar-refractivity contribution < 1.29 is 19.0 Å². The molecule has 1 saturated heterocycles. The van der Waals surface area contributed by atoms with Crippen LogP contribution in [0.3, 0.4) is 0 Å². The number of carbonyl (C=O) groups excluding carboxylic acids is 1. The topological polar surface area (TPSA) is 64.1 Å². The molecule has 0 saturated carbocycles. The van der Waals surface area contributed by atoms with E-state index in [1.165, 1.54) is 0 Å². The second-order valence-corrected chi connectivity index (χ2v) is 7.16. The highest BCUT2D eigenvalue weighted by Crippen LogP contribution is 2.37. The standard InChI is InChI=1S/C20H26ClN3O4/c1-23-4-6-24(7-5-23)18-11-16-17(12-19(18)28-10-9-26-2)22-13-15(20(16)21)3-8-27-14-25/h11-14H,3-10H2,1-2H3. The summed E-state index contributed by atoms with van der Waals surface area (Å²) in [7, 11) is 3.78. The van der Waals surface area contributed by atoms with Crippen molar-refractivity contribution in [2.24, 2.45) is 0 Å². The molecule has 7 nitrogen and oxygen atoms in total. The lowest BCUT2D eigenvalue weighted by molar-refractivity contribution is -0.128. The summed E-state index contributed by atoms with van der Waals surface area (Å²) in [6.07, 6.45) is 2.25. The van der Waals surface area contributed by atoms with E-state index in [-0.39, 0.29) is 6.61 Å². The van der Waals surface area contributed by atoms with Crippen LogP contribution < -0.4 is 9.64 Å². The zero-order valence-corrected chi connectivity index (χ0v) is 17.1. The molecule has 1 aliphatic rings. The second kappa shape index (κ2) is 9.91. The number of hydrogen-bond acceptors (Lipinski definition) is 7. The van der Waals surface area contributed by atoms with E-state index in [9.17, 15) is 4.79 Å². The number of pyridine rings is 1. The van der Waals surface area contributed by atoms with Gasteiger partial charge in [-0.25, -0.2) is 0 Å². The van der Waals surface area contributed by atoms with Crippen molar-refractivity contribution >= 4 is 34.7 Å². The fraction of sp³-hybridized carbons (Fsp3) is 0.500. The van der Waals surface area contributed by atoms with Crippen molar-refractivity contribution in [1.29, 1.82) is 0 Å². The molecule has 0 radical (unpaired) electrons. The van der Waals surface area contributed by atoms with Gasteiger partial charge >= 0.3 is 0 Å².